The second kappa shape index (κ2) is 11.2. The molecule has 1 fully saturated rings. The van der Waals surface area contributed by atoms with Crippen molar-refractivity contribution in [3.63, 3.8) is 0 Å². The summed E-state index contributed by atoms with van der Waals surface area (Å²) in [6, 6.07) is 13.6. The lowest BCUT2D eigenvalue weighted by Crippen LogP contribution is -2.34. The van der Waals surface area contributed by atoms with Crippen LogP contribution in [0.4, 0.5) is 30.4 Å². The molecule has 0 radical (unpaired) electrons. The number of alkyl halides is 1. The third-order valence-electron chi connectivity index (χ3n) is 6.31. The number of nitrogens with two attached hydrogens (primary N) is 1. The molecule has 184 valence electrons. The van der Waals surface area contributed by atoms with E-state index >= 15 is 0 Å². The summed E-state index contributed by atoms with van der Waals surface area (Å²) in [6.07, 6.45) is 3.35. The topological polar surface area (TPSA) is 83.3 Å². The first-order valence-electron chi connectivity index (χ1n) is 11.6. The summed E-state index contributed by atoms with van der Waals surface area (Å²) in [5.74, 6) is -1.66. The van der Waals surface area contributed by atoms with E-state index in [1.165, 1.54) is 23.9 Å². The highest BCUT2D eigenvalue weighted by atomic mass is 19.2. The molecule has 0 unspecified atom stereocenters. The van der Waals surface area contributed by atoms with Crippen LogP contribution >= 0.6 is 0 Å². The van der Waals surface area contributed by atoms with Crippen molar-refractivity contribution >= 4 is 23.1 Å². The lowest BCUT2D eigenvalue weighted by molar-refractivity contribution is 0.100. The number of primary amides is 1. The zero-order valence-corrected chi connectivity index (χ0v) is 19.2. The minimum absolute atomic E-state index is 0.0355. The van der Waals surface area contributed by atoms with E-state index in [0.29, 0.717) is 24.0 Å². The Bertz CT molecular complexity index is 1160. The molecule has 0 spiro atoms. The van der Waals surface area contributed by atoms with Gasteiger partial charge in [0, 0.05) is 36.6 Å². The number of hydrogen-bond acceptors (Lipinski definition) is 5. The Balaban J connectivity index is 1.43. The number of carbonyl (C=O) groups excluding carboxylic acids is 1. The number of halogens is 3. The van der Waals surface area contributed by atoms with Gasteiger partial charge in [0.15, 0.2) is 11.6 Å². The Morgan fingerprint density at radius 1 is 1.11 bits per heavy atom. The molecule has 1 aliphatic rings. The maximum absolute atomic E-state index is 14.0. The van der Waals surface area contributed by atoms with Crippen molar-refractivity contribution in [3.8, 4) is 0 Å². The first-order valence-corrected chi connectivity index (χ1v) is 11.6. The van der Waals surface area contributed by atoms with Crippen molar-refractivity contribution in [3.05, 3.63) is 83.1 Å². The van der Waals surface area contributed by atoms with Crippen LogP contribution in [0.5, 0.6) is 0 Å². The number of aromatic nitrogens is 1. The van der Waals surface area contributed by atoms with Gasteiger partial charge in [-0.1, -0.05) is 24.3 Å². The average molecular weight is 484 g/mol. The molecule has 0 bridgehead atoms. The van der Waals surface area contributed by atoms with Gasteiger partial charge in [-0.25, -0.2) is 18.2 Å². The van der Waals surface area contributed by atoms with Crippen LogP contribution in [0, 0.1) is 11.6 Å². The zero-order valence-electron chi connectivity index (χ0n) is 19.2. The number of pyridine rings is 1. The van der Waals surface area contributed by atoms with E-state index in [4.69, 9.17) is 5.73 Å². The van der Waals surface area contributed by atoms with E-state index in [-0.39, 0.29) is 24.3 Å². The van der Waals surface area contributed by atoms with Crippen LogP contribution in [0.3, 0.4) is 0 Å². The van der Waals surface area contributed by atoms with E-state index in [2.05, 4.69) is 32.7 Å². The zero-order chi connectivity index (χ0) is 24.8. The highest BCUT2D eigenvalue weighted by Gasteiger charge is 2.20. The number of amides is 1. The molecule has 0 saturated carbocycles. The van der Waals surface area contributed by atoms with Gasteiger partial charge in [0.2, 0.25) is 0 Å². The molecule has 4 N–H and O–H groups in total. The molecule has 1 saturated heterocycles. The van der Waals surface area contributed by atoms with Gasteiger partial charge in [0.1, 0.15) is 12.5 Å². The quantitative estimate of drug-likeness (QED) is 0.401. The van der Waals surface area contributed by atoms with Crippen molar-refractivity contribution < 1.29 is 18.0 Å². The van der Waals surface area contributed by atoms with Crippen LogP contribution in [0.15, 0.2) is 54.7 Å². The fourth-order valence-electron chi connectivity index (χ4n) is 4.34. The fraction of sp³-hybridized carbons (Fsp3) is 0.308. The number of hydrogen-bond donors (Lipinski definition) is 3. The van der Waals surface area contributed by atoms with E-state index in [1.807, 2.05) is 12.1 Å². The smallest absolute Gasteiger partial charge is 0.252 e. The molecule has 9 heteroatoms. The molecule has 2 aromatic carbocycles. The van der Waals surface area contributed by atoms with Gasteiger partial charge in [0.25, 0.3) is 5.91 Å². The maximum Gasteiger partial charge on any atom is 0.252 e. The molecular weight excluding hydrogens is 455 g/mol. The fourth-order valence-corrected chi connectivity index (χ4v) is 4.34. The van der Waals surface area contributed by atoms with Crippen molar-refractivity contribution in [1.82, 2.24) is 9.88 Å². The number of piperidine rings is 1. The van der Waals surface area contributed by atoms with Crippen molar-refractivity contribution in [2.24, 2.45) is 5.73 Å². The molecule has 0 atom stereocenters. The summed E-state index contributed by atoms with van der Waals surface area (Å²) in [4.78, 5) is 18.2. The minimum Gasteiger partial charge on any atom is -0.380 e. The van der Waals surface area contributed by atoms with Crippen LogP contribution in [-0.2, 0) is 6.54 Å². The SMILES string of the molecule is NC(=O)c1cnc(Nc2ccc(C3CCN(CCF)CC3)cc2)cc1NCc1cccc(F)c1F. The molecule has 0 aliphatic carbocycles. The lowest BCUT2D eigenvalue weighted by atomic mass is 9.89. The molecule has 1 amide bonds. The van der Waals surface area contributed by atoms with Gasteiger partial charge in [-0.15, -0.1) is 0 Å². The second-order valence-electron chi connectivity index (χ2n) is 8.60. The van der Waals surface area contributed by atoms with Gasteiger partial charge < -0.3 is 21.3 Å². The highest BCUT2D eigenvalue weighted by Crippen LogP contribution is 2.30. The number of likely N-dealkylation sites (tertiary alicyclic amines) is 1. The molecule has 2 heterocycles. The van der Waals surface area contributed by atoms with E-state index in [9.17, 15) is 18.0 Å². The predicted molar refractivity (Wildman–Crippen MR) is 131 cm³/mol. The average Bonchev–Trinajstić information content (AvgIpc) is 2.86. The summed E-state index contributed by atoms with van der Waals surface area (Å²) in [6.45, 7) is 1.97. The third-order valence-corrected chi connectivity index (χ3v) is 6.31. The van der Waals surface area contributed by atoms with E-state index in [0.717, 1.165) is 37.7 Å². The molecule has 1 aromatic heterocycles. The van der Waals surface area contributed by atoms with Gasteiger partial charge >= 0.3 is 0 Å². The van der Waals surface area contributed by atoms with Crippen LogP contribution in [0.2, 0.25) is 0 Å². The van der Waals surface area contributed by atoms with Crippen LogP contribution < -0.4 is 16.4 Å². The number of benzene rings is 2. The summed E-state index contributed by atoms with van der Waals surface area (Å²) in [5.41, 5.74) is 8.13. The number of nitrogens with one attached hydrogen (secondary N) is 2. The number of carbonyl (C=O) groups is 1. The van der Waals surface area contributed by atoms with E-state index in [1.54, 1.807) is 6.07 Å². The molecule has 4 rings (SSSR count). The lowest BCUT2D eigenvalue weighted by Gasteiger charge is -2.31. The van der Waals surface area contributed by atoms with Crippen LogP contribution in [0.1, 0.15) is 40.2 Å². The maximum atomic E-state index is 14.0. The summed E-state index contributed by atoms with van der Waals surface area (Å²) in [5, 5.41) is 6.15. The first-order chi connectivity index (χ1) is 16.9. The van der Waals surface area contributed by atoms with Gasteiger partial charge in [-0.05, 0) is 55.6 Å². The Morgan fingerprint density at radius 2 is 1.86 bits per heavy atom. The van der Waals surface area contributed by atoms with Crippen molar-refractivity contribution in [2.45, 2.75) is 25.3 Å². The first kappa shape index (κ1) is 24.5. The normalized spacial score (nSPS) is 14.6. The Kier molecular flexibility index (Phi) is 7.87. The predicted octanol–water partition coefficient (Wildman–Crippen LogP) is 4.96. The molecule has 3 aromatic rings. The molecular formula is C26H28F3N5O. The number of rotatable bonds is 9. The molecule has 35 heavy (non-hydrogen) atoms. The van der Waals surface area contributed by atoms with Gasteiger partial charge in [0.05, 0.1) is 11.3 Å². The molecule has 1 aliphatic heterocycles. The number of nitrogens with zero attached hydrogens (tertiary/aromatic N) is 2. The Labute approximate surface area is 202 Å². The Hall–Kier alpha value is -3.59. The van der Waals surface area contributed by atoms with Crippen molar-refractivity contribution in [2.75, 3.05) is 36.9 Å². The second-order valence-corrected chi connectivity index (χ2v) is 8.60. The minimum atomic E-state index is -0.943. The summed E-state index contributed by atoms with van der Waals surface area (Å²) < 4.78 is 40.1. The van der Waals surface area contributed by atoms with Crippen molar-refractivity contribution in [1.29, 1.82) is 0 Å². The standard InChI is InChI=1S/C26H28F3N5O/c27-10-13-34-11-8-18(9-12-34)17-4-6-20(7-5-17)33-24-14-23(21(16-32-24)26(30)35)31-15-19-2-1-3-22(28)25(19)29/h1-7,14,16,18H,8-13,15H2,(H2,30,35)(H2,31,32,33). The molecule has 6 nitrogen and oxygen atoms in total. The number of anilines is 3. The highest BCUT2D eigenvalue weighted by molar-refractivity contribution is 5.98. The van der Waals surface area contributed by atoms with Crippen LogP contribution in [0.25, 0.3) is 0 Å². The monoisotopic (exact) mass is 483 g/mol. The Morgan fingerprint density at radius 3 is 2.54 bits per heavy atom. The third kappa shape index (κ3) is 6.10. The van der Waals surface area contributed by atoms with Crippen LogP contribution in [-0.4, -0.2) is 42.1 Å². The van der Waals surface area contributed by atoms with Gasteiger partial charge in [-0.3, -0.25) is 4.79 Å². The largest absolute Gasteiger partial charge is 0.380 e. The summed E-state index contributed by atoms with van der Waals surface area (Å²) in [7, 11) is 0. The summed E-state index contributed by atoms with van der Waals surface area (Å²) >= 11 is 0. The van der Waals surface area contributed by atoms with E-state index < -0.39 is 17.5 Å². The van der Waals surface area contributed by atoms with Gasteiger partial charge in [-0.2, -0.15) is 0 Å².